The summed E-state index contributed by atoms with van der Waals surface area (Å²) < 4.78 is 22.8. The summed E-state index contributed by atoms with van der Waals surface area (Å²) in [5.74, 6) is -2.00. The van der Waals surface area contributed by atoms with Crippen LogP contribution in [0.4, 0.5) is 0 Å². The molecule has 2 unspecified atom stereocenters. The minimum absolute atomic E-state index is 0.179. The fourth-order valence-corrected chi connectivity index (χ4v) is 8.53. The van der Waals surface area contributed by atoms with Crippen molar-refractivity contribution < 1.29 is 42.9 Å². The van der Waals surface area contributed by atoms with Gasteiger partial charge in [0.05, 0.1) is 34.4 Å². The SMILES string of the molecule is CCCC/C=C\CCCCCCCC(=O)OC(COC(=O)CCCCCCCCCCCCCCCCCCCCCCCCCCCCCCCCC)COC(OCC[N+](C)(C)C)C(=O)O. The zero-order chi connectivity index (χ0) is 49.2. The summed E-state index contributed by atoms with van der Waals surface area (Å²) in [5.41, 5.74) is 0. The number of hydrogen-bond donors (Lipinski definition) is 1. The van der Waals surface area contributed by atoms with Crippen LogP contribution in [0.3, 0.4) is 0 Å². The topological polar surface area (TPSA) is 108 Å². The first-order valence-electron chi connectivity index (χ1n) is 28.9. The van der Waals surface area contributed by atoms with Gasteiger partial charge in [0.2, 0.25) is 0 Å². The third-order valence-electron chi connectivity index (χ3n) is 13.0. The van der Waals surface area contributed by atoms with Crippen molar-refractivity contribution in [2.45, 2.75) is 296 Å². The summed E-state index contributed by atoms with van der Waals surface area (Å²) in [5, 5.41) is 9.66. The highest BCUT2D eigenvalue weighted by Gasteiger charge is 2.25. The fourth-order valence-electron chi connectivity index (χ4n) is 8.53. The van der Waals surface area contributed by atoms with Crippen molar-refractivity contribution in [1.82, 2.24) is 0 Å². The molecule has 0 aliphatic rings. The minimum Gasteiger partial charge on any atom is -0.477 e. The normalized spacial score (nSPS) is 12.8. The van der Waals surface area contributed by atoms with Crippen LogP contribution < -0.4 is 0 Å². The number of likely N-dealkylation sites (N-methyl/N-ethyl adjacent to an activating group) is 1. The molecule has 396 valence electrons. The van der Waals surface area contributed by atoms with Gasteiger partial charge in [0, 0.05) is 12.8 Å². The maximum atomic E-state index is 12.8. The summed E-state index contributed by atoms with van der Waals surface area (Å²) >= 11 is 0. The highest BCUT2D eigenvalue weighted by atomic mass is 16.7. The number of carboxylic acid groups (broad SMARTS) is 1. The second-order valence-corrected chi connectivity index (χ2v) is 21.0. The first-order valence-corrected chi connectivity index (χ1v) is 28.9. The van der Waals surface area contributed by atoms with E-state index in [0.29, 0.717) is 23.9 Å². The van der Waals surface area contributed by atoms with Crippen LogP contribution in [0, 0.1) is 0 Å². The molecular weight excluding hydrogens is 839 g/mol. The standard InChI is InChI=1S/C58H111NO8/c1-6-8-10-12-14-16-18-19-20-21-22-23-24-25-26-27-28-29-30-31-32-33-34-35-36-37-39-40-42-44-46-48-55(60)65-52-54(53-66-58(57(62)63)64-51-50-59(3,4)5)67-56(61)49-47-45-43-41-38-17-15-13-11-9-7-2/h13,15,54,58H,6-12,14,16-53H2,1-5H3/p+1/b15-13-. The van der Waals surface area contributed by atoms with Gasteiger partial charge in [-0.15, -0.1) is 0 Å². The molecule has 0 amide bonds. The van der Waals surface area contributed by atoms with Crippen LogP contribution in [-0.4, -0.2) is 87.4 Å². The van der Waals surface area contributed by atoms with Crippen LogP contribution in [0.25, 0.3) is 0 Å². The maximum Gasteiger partial charge on any atom is 0.361 e. The van der Waals surface area contributed by atoms with Crippen LogP contribution >= 0.6 is 0 Å². The number of nitrogens with zero attached hydrogens (tertiary/aromatic N) is 1. The summed E-state index contributed by atoms with van der Waals surface area (Å²) in [4.78, 5) is 37.2. The molecule has 2 atom stereocenters. The molecule has 67 heavy (non-hydrogen) atoms. The van der Waals surface area contributed by atoms with Gasteiger partial charge in [-0.3, -0.25) is 9.59 Å². The second-order valence-electron chi connectivity index (χ2n) is 21.0. The van der Waals surface area contributed by atoms with Crippen molar-refractivity contribution >= 4 is 17.9 Å². The Morgan fingerprint density at radius 1 is 0.433 bits per heavy atom. The monoisotopic (exact) mass is 951 g/mol. The van der Waals surface area contributed by atoms with Crippen molar-refractivity contribution in [2.24, 2.45) is 0 Å². The van der Waals surface area contributed by atoms with Gasteiger partial charge in [-0.1, -0.05) is 251 Å². The quantitative estimate of drug-likeness (QED) is 0.0211. The Balaban J connectivity index is 3.98. The van der Waals surface area contributed by atoms with E-state index in [2.05, 4.69) is 26.0 Å². The molecule has 0 aromatic heterocycles. The van der Waals surface area contributed by atoms with E-state index in [1.807, 2.05) is 21.1 Å². The van der Waals surface area contributed by atoms with Gasteiger partial charge >= 0.3 is 17.9 Å². The van der Waals surface area contributed by atoms with Gasteiger partial charge in [0.15, 0.2) is 6.10 Å². The summed E-state index contributed by atoms with van der Waals surface area (Å²) in [6.45, 7) is 4.87. The number of carbonyl (C=O) groups excluding carboxylic acids is 2. The van der Waals surface area contributed by atoms with E-state index in [0.717, 1.165) is 57.8 Å². The second kappa shape index (κ2) is 50.4. The molecule has 0 aliphatic heterocycles. The van der Waals surface area contributed by atoms with Crippen molar-refractivity contribution in [1.29, 1.82) is 0 Å². The average molecular weight is 952 g/mol. The Hall–Kier alpha value is -1.97. The smallest absolute Gasteiger partial charge is 0.361 e. The number of rotatable bonds is 54. The van der Waals surface area contributed by atoms with E-state index in [9.17, 15) is 19.5 Å². The van der Waals surface area contributed by atoms with Gasteiger partial charge in [-0.25, -0.2) is 4.79 Å². The number of esters is 2. The molecule has 0 fully saturated rings. The third kappa shape index (κ3) is 51.7. The van der Waals surface area contributed by atoms with Crippen molar-refractivity contribution in [2.75, 3.05) is 47.5 Å². The maximum absolute atomic E-state index is 12.8. The lowest BCUT2D eigenvalue weighted by Gasteiger charge is -2.25. The van der Waals surface area contributed by atoms with Gasteiger partial charge < -0.3 is 28.5 Å². The number of unbranched alkanes of at least 4 members (excludes halogenated alkanes) is 37. The molecule has 0 radical (unpaired) electrons. The Bertz CT molecular complexity index is 1110. The van der Waals surface area contributed by atoms with E-state index in [1.165, 1.54) is 193 Å². The number of carbonyl (C=O) groups is 3. The molecule has 0 rings (SSSR count). The molecule has 0 spiro atoms. The molecule has 1 N–H and O–H groups in total. The lowest BCUT2D eigenvalue weighted by Crippen LogP contribution is -2.40. The van der Waals surface area contributed by atoms with E-state index in [4.69, 9.17) is 18.9 Å². The fraction of sp³-hybridized carbons (Fsp3) is 0.914. The molecule has 0 aliphatic carbocycles. The number of carboxylic acids is 1. The van der Waals surface area contributed by atoms with E-state index in [1.54, 1.807) is 0 Å². The van der Waals surface area contributed by atoms with Gasteiger partial charge in [-0.05, 0) is 32.1 Å². The molecule has 9 heteroatoms. The third-order valence-corrected chi connectivity index (χ3v) is 13.0. The summed E-state index contributed by atoms with van der Waals surface area (Å²) in [6.07, 6.45) is 54.7. The van der Waals surface area contributed by atoms with E-state index in [-0.39, 0.29) is 32.2 Å². The Morgan fingerprint density at radius 3 is 1.15 bits per heavy atom. The van der Waals surface area contributed by atoms with Gasteiger partial charge in [0.1, 0.15) is 13.2 Å². The first-order chi connectivity index (χ1) is 32.6. The number of hydrogen-bond acceptors (Lipinski definition) is 7. The molecule has 0 bridgehead atoms. The van der Waals surface area contributed by atoms with Crippen molar-refractivity contribution in [3.8, 4) is 0 Å². The predicted molar refractivity (Wildman–Crippen MR) is 281 cm³/mol. The van der Waals surface area contributed by atoms with Crippen LogP contribution in [-0.2, 0) is 33.3 Å². The largest absolute Gasteiger partial charge is 0.477 e. The van der Waals surface area contributed by atoms with Crippen molar-refractivity contribution in [3.63, 3.8) is 0 Å². The van der Waals surface area contributed by atoms with Gasteiger partial charge in [0.25, 0.3) is 6.29 Å². The molecule has 9 nitrogen and oxygen atoms in total. The molecule has 0 saturated heterocycles. The lowest BCUT2D eigenvalue weighted by molar-refractivity contribution is -0.870. The molecule has 0 saturated carbocycles. The number of allylic oxidation sites excluding steroid dienone is 2. The van der Waals surface area contributed by atoms with Crippen LogP contribution in [0.5, 0.6) is 0 Å². The lowest BCUT2D eigenvalue weighted by atomic mass is 10.0. The van der Waals surface area contributed by atoms with E-state index < -0.39 is 24.3 Å². The van der Waals surface area contributed by atoms with Crippen molar-refractivity contribution in [3.05, 3.63) is 12.2 Å². The molecule has 0 aromatic carbocycles. The number of quaternary nitrogens is 1. The van der Waals surface area contributed by atoms with Gasteiger partial charge in [-0.2, -0.15) is 0 Å². The van der Waals surface area contributed by atoms with E-state index >= 15 is 0 Å². The average Bonchev–Trinajstić information content (AvgIpc) is 3.29. The number of ether oxygens (including phenoxy) is 4. The molecular formula is C58H112NO8+. The number of aliphatic carboxylic acids is 1. The Morgan fingerprint density at radius 2 is 0.776 bits per heavy atom. The summed E-state index contributed by atoms with van der Waals surface area (Å²) in [6, 6.07) is 0. The molecule has 0 heterocycles. The predicted octanol–water partition coefficient (Wildman–Crippen LogP) is 16.6. The van der Waals surface area contributed by atoms with Crippen LogP contribution in [0.1, 0.15) is 284 Å². The summed E-state index contributed by atoms with van der Waals surface area (Å²) in [7, 11) is 5.97. The first kappa shape index (κ1) is 65.0. The highest BCUT2D eigenvalue weighted by molar-refractivity contribution is 5.71. The Kier molecular flexibility index (Phi) is 48.9. The molecule has 0 aromatic rings. The zero-order valence-corrected chi connectivity index (χ0v) is 45.1. The van der Waals surface area contributed by atoms with Crippen LogP contribution in [0.15, 0.2) is 12.2 Å². The minimum atomic E-state index is -1.51. The zero-order valence-electron chi connectivity index (χ0n) is 45.1. The Labute approximate surface area is 415 Å². The van der Waals surface area contributed by atoms with Crippen LogP contribution in [0.2, 0.25) is 0 Å². The highest BCUT2D eigenvalue weighted by Crippen LogP contribution is 2.18.